The Balaban J connectivity index is 0.00000507. The lowest BCUT2D eigenvalue weighted by Crippen LogP contribution is -3.00. The molecule has 2 aromatic rings. The van der Waals surface area contributed by atoms with Crippen molar-refractivity contribution in [1.82, 2.24) is 0 Å². The number of nitrogens with zero attached hydrogens (tertiary/aromatic N) is 1. The molecule has 1 saturated carbocycles. The summed E-state index contributed by atoms with van der Waals surface area (Å²) in [7, 11) is -0.313. The van der Waals surface area contributed by atoms with Gasteiger partial charge in [-0.3, -0.25) is 0 Å². The van der Waals surface area contributed by atoms with E-state index in [9.17, 15) is 4.79 Å². The Kier molecular flexibility index (Phi) is 11.1. The number of hydrogen-bond donors (Lipinski definition) is 0. The lowest BCUT2D eigenvalue weighted by atomic mass is 9.64. The van der Waals surface area contributed by atoms with Crippen molar-refractivity contribution in [3.63, 3.8) is 0 Å². The average Bonchev–Trinajstić information content (AvgIpc) is 2.84. The van der Waals surface area contributed by atoms with Crippen LogP contribution in [-0.2, 0) is 10.2 Å². The van der Waals surface area contributed by atoms with Crippen LogP contribution < -0.4 is 26.9 Å². The molecule has 1 aromatic carbocycles. The number of carbonyl (C=O) groups excluding carboxylic acids is 1. The molecule has 0 spiro atoms. The van der Waals surface area contributed by atoms with Crippen LogP contribution in [0.5, 0.6) is 5.75 Å². The van der Waals surface area contributed by atoms with Gasteiger partial charge in [-0.05, 0) is 46.4 Å². The maximum Gasteiger partial charge on any atom is 0.602 e. The van der Waals surface area contributed by atoms with Crippen LogP contribution >= 0.6 is 0 Å². The topological polar surface area (TPSA) is 39.4 Å². The molecule has 0 bridgehead atoms. The molecule has 1 fully saturated rings. The summed E-state index contributed by atoms with van der Waals surface area (Å²) in [6.45, 7) is 20.9. The lowest BCUT2D eigenvalue weighted by molar-refractivity contribution is -0.587. The predicted molar refractivity (Wildman–Crippen MR) is 156 cm³/mol. The van der Waals surface area contributed by atoms with Gasteiger partial charge in [-0.15, -0.1) is 0 Å². The Morgan fingerprint density at radius 2 is 1.55 bits per heavy atom. The van der Waals surface area contributed by atoms with E-state index in [1.807, 2.05) is 18.5 Å². The fourth-order valence-electron chi connectivity index (χ4n) is 7.59. The average molecular weight is 560 g/mol. The number of ether oxygens (including phenoxy) is 2. The zero-order valence-corrected chi connectivity index (χ0v) is 27.0. The van der Waals surface area contributed by atoms with Gasteiger partial charge in [0.2, 0.25) is 0 Å². The van der Waals surface area contributed by atoms with Gasteiger partial charge >= 0.3 is 6.09 Å². The standard InChI is InChI=1S/C32H50NO3Si.ClH/c1-22(2)37(23(3)4,24(5)6)30-21-33(19-18-28(30)35-10)31(34)36-29-20-25(7)16-17-27(29)32(8,9)26-14-12-11-13-15-26;/h11-15,18-19,21-25,27,29H,16-17,20H2,1-10H3;1H/q+1;/p-1/t25-,27-,29-;/m1./s1. The third kappa shape index (κ3) is 6.14. The molecule has 0 amide bonds. The molecule has 38 heavy (non-hydrogen) atoms. The van der Waals surface area contributed by atoms with Crippen molar-refractivity contribution < 1.29 is 31.2 Å². The summed E-state index contributed by atoms with van der Waals surface area (Å²) in [5, 5.41) is 1.22. The van der Waals surface area contributed by atoms with E-state index >= 15 is 0 Å². The highest BCUT2D eigenvalue weighted by atomic mass is 35.5. The summed E-state index contributed by atoms with van der Waals surface area (Å²) >= 11 is 0. The van der Waals surface area contributed by atoms with Crippen LogP contribution in [0.15, 0.2) is 48.8 Å². The van der Waals surface area contributed by atoms with Crippen molar-refractivity contribution in [2.75, 3.05) is 7.11 Å². The second-order valence-corrected chi connectivity index (χ2v) is 18.6. The van der Waals surface area contributed by atoms with E-state index in [0.29, 0.717) is 22.5 Å². The first kappa shape index (κ1) is 32.4. The number of methoxy groups -OCH3 is 1. The van der Waals surface area contributed by atoms with Gasteiger partial charge < -0.3 is 21.9 Å². The summed E-state index contributed by atoms with van der Waals surface area (Å²) in [4.78, 5) is 13.7. The molecular weight excluding hydrogens is 510 g/mol. The van der Waals surface area contributed by atoms with Gasteiger partial charge in [0.05, 0.1) is 7.11 Å². The first-order valence-corrected chi connectivity index (χ1v) is 16.5. The minimum Gasteiger partial charge on any atom is -1.00 e. The molecule has 0 N–H and O–H groups in total. The van der Waals surface area contributed by atoms with Crippen molar-refractivity contribution >= 4 is 19.4 Å². The zero-order valence-electron chi connectivity index (χ0n) is 25.3. The number of benzene rings is 1. The van der Waals surface area contributed by atoms with E-state index in [0.717, 1.165) is 18.6 Å². The highest BCUT2D eigenvalue weighted by Gasteiger charge is 2.49. The highest BCUT2D eigenvalue weighted by Crippen LogP contribution is 2.44. The van der Waals surface area contributed by atoms with Crippen molar-refractivity contribution in [3.05, 3.63) is 54.4 Å². The third-order valence-electron chi connectivity index (χ3n) is 9.43. The van der Waals surface area contributed by atoms with Crippen LogP contribution in [-0.4, -0.2) is 27.4 Å². The Hall–Kier alpha value is -1.85. The number of pyridine rings is 1. The van der Waals surface area contributed by atoms with Gasteiger partial charge in [-0.2, -0.15) is 4.79 Å². The SMILES string of the molecule is COc1cc[n+](C(=O)O[C@@H]2C[C@H](C)CC[C@H]2C(C)(C)c2ccccc2)cc1[Si](C(C)C)(C(C)C)C(C)C.[Cl-]. The molecule has 0 aliphatic heterocycles. The second-order valence-electron chi connectivity index (χ2n) is 12.8. The maximum atomic E-state index is 13.7. The minimum atomic E-state index is -2.05. The highest BCUT2D eigenvalue weighted by molar-refractivity contribution is 6.95. The molecule has 1 aliphatic rings. The van der Waals surface area contributed by atoms with E-state index in [1.165, 1.54) is 17.2 Å². The van der Waals surface area contributed by atoms with Crippen molar-refractivity contribution in [3.8, 4) is 5.75 Å². The van der Waals surface area contributed by atoms with Crippen LogP contribution in [0.1, 0.15) is 87.1 Å². The van der Waals surface area contributed by atoms with E-state index in [1.54, 1.807) is 11.7 Å². The van der Waals surface area contributed by atoms with E-state index in [4.69, 9.17) is 9.47 Å². The summed E-state index contributed by atoms with van der Waals surface area (Å²) in [5.41, 5.74) is 2.73. The molecule has 4 nitrogen and oxygen atoms in total. The minimum absolute atomic E-state index is 0. The fraction of sp³-hybridized carbons (Fsp3) is 0.625. The Morgan fingerprint density at radius 1 is 0.974 bits per heavy atom. The predicted octanol–water partition coefficient (Wildman–Crippen LogP) is 4.64. The maximum absolute atomic E-state index is 13.7. The van der Waals surface area contributed by atoms with Crippen LogP contribution in [0, 0.1) is 11.8 Å². The van der Waals surface area contributed by atoms with Gasteiger partial charge in [-0.1, -0.05) is 104 Å². The quantitative estimate of drug-likeness (QED) is 0.349. The van der Waals surface area contributed by atoms with E-state index < -0.39 is 8.07 Å². The van der Waals surface area contributed by atoms with Gasteiger partial charge in [0.25, 0.3) is 0 Å². The van der Waals surface area contributed by atoms with Crippen LogP contribution in [0.3, 0.4) is 0 Å². The van der Waals surface area contributed by atoms with Gasteiger partial charge in [0.15, 0.2) is 12.4 Å². The van der Waals surface area contributed by atoms with Crippen molar-refractivity contribution in [2.24, 2.45) is 11.8 Å². The van der Waals surface area contributed by atoms with Crippen molar-refractivity contribution in [1.29, 1.82) is 0 Å². The molecule has 0 unspecified atom stereocenters. The number of aromatic nitrogens is 1. The summed E-state index contributed by atoms with van der Waals surface area (Å²) in [6, 6.07) is 12.6. The summed E-state index contributed by atoms with van der Waals surface area (Å²) in [5.74, 6) is 1.70. The molecule has 6 heteroatoms. The molecule has 1 aliphatic carbocycles. The van der Waals surface area contributed by atoms with E-state index in [2.05, 4.69) is 92.6 Å². The lowest BCUT2D eigenvalue weighted by Gasteiger charge is -2.43. The number of hydrogen-bond acceptors (Lipinski definition) is 3. The van der Waals surface area contributed by atoms with Crippen LogP contribution in [0.4, 0.5) is 4.79 Å². The fourth-order valence-corrected chi connectivity index (χ4v) is 14.4. The van der Waals surface area contributed by atoms with E-state index in [-0.39, 0.29) is 35.9 Å². The second kappa shape index (κ2) is 13.0. The first-order chi connectivity index (χ1) is 17.4. The summed E-state index contributed by atoms with van der Waals surface area (Å²) in [6.07, 6.45) is 6.58. The molecule has 1 heterocycles. The third-order valence-corrected chi connectivity index (χ3v) is 16.5. The molecule has 3 atom stereocenters. The number of rotatable bonds is 8. The summed E-state index contributed by atoms with van der Waals surface area (Å²) < 4.78 is 13.9. The molecule has 0 radical (unpaired) electrons. The van der Waals surface area contributed by atoms with Gasteiger partial charge in [-0.25, -0.2) is 0 Å². The number of carbonyl (C=O) groups is 1. The molecule has 0 saturated heterocycles. The molecule has 212 valence electrons. The van der Waals surface area contributed by atoms with Gasteiger partial charge in [0.1, 0.15) is 19.9 Å². The zero-order chi connectivity index (χ0) is 27.5. The van der Waals surface area contributed by atoms with Crippen LogP contribution in [0.2, 0.25) is 16.6 Å². The van der Waals surface area contributed by atoms with Crippen LogP contribution in [0.25, 0.3) is 0 Å². The first-order valence-electron chi connectivity index (χ1n) is 14.2. The normalized spacial score (nSPS) is 20.4. The Morgan fingerprint density at radius 3 is 2.08 bits per heavy atom. The van der Waals surface area contributed by atoms with Gasteiger partial charge in [0, 0.05) is 17.2 Å². The Bertz CT molecular complexity index is 1030. The monoisotopic (exact) mass is 559 g/mol. The Labute approximate surface area is 238 Å². The number of halogens is 1. The smallest absolute Gasteiger partial charge is 0.602 e. The molecule has 3 rings (SSSR count). The molecule has 1 aromatic heterocycles. The largest absolute Gasteiger partial charge is 1.00 e. The van der Waals surface area contributed by atoms with Crippen molar-refractivity contribution in [2.45, 2.75) is 110 Å². The molecular formula is C32H50ClNO3Si.